The fraction of sp³-hybridized carbons (Fsp3) is 0.250. The number of non-ortho nitro benzene ring substituents is 1. The summed E-state index contributed by atoms with van der Waals surface area (Å²) < 4.78 is -0.635. The van der Waals surface area contributed by atoms with E-state index in [1.165, 1.54) is 23.9 Å². The zero-order valence-electron chi connectivity index (χ0n) is 13.0. The summed E-state index contributed by atoms with van der Waals surface area (Å²) in [7, 11) is 0. The van der Waals surface area contributed by atoms with E-state index in [9.17, 15) is 20.2 Å². The summed E-state index contributed by atoms with van der Waals surface area (Å²) in [5.74, 6) is 0. The van der Waals surface area contributed by atoms with Gasteiger partial charge in [0, 0.05) is 11.4 Å². The first kappa shape index (κ1) is 18.2. The summed E-state index contributed by atoms with van der Waals surface area (Å²) in [4.78, 5) is 21.3. The molecule has 2 atom stereocenters. The normalized spacial score (nSPS) is 14.6. The van der Waals surface area contributed by atoms with Gasteiger partial charge in [-0.25, -0.2) is 0 Å². The summed E-state index contributed by atoms with van der Waals surface area (Å²) in [5, 5.41) is 21.8. The van der Waals surface area contributed by atoms with Crippen molar-refractivity contribution in [3.8, 4) is 0 Å². The molecule has 2 aromatic carbocycles. The molecule has 0 saturated carbocycles. The van der Waals surface area contributed by atoms with Crippen molar-refractivity contribution in [1.29, 1.82) is 0 Å². The maximum atomic E-state index is 11.3. The van der Waals surface area contributed by atoms with E-state index in [0.717, 1.165) is 11.6 Å². The Labute approximate surface area is 148 Å². The number of nitro groups is 2. The molecule has 0 spiro atoms. The number of hydrogen-bond donors (Lipinski definition) is 0. The summed E-state index contributed by atoms with van der Waals surface area (Å²) in [6, 6.07) is 13.1. The molecule has 0 fully saturated rings. The van der Waals surface area contributed by atoms with Crippen LogP contribution in [0.25, 0.3) is 0 Å². The van der Waals surface area contributed by atoms with Crippen LogP contribution in [-0.2, 0) is 4.75 Å². The number of rotatable bonds is 6. The van der Waals surface area contributed by atoms with Gasteiger partial charge in [-0.05, 0) is 25.5 Å². The topological polar surface area (TPSA) is 86.3 Å². The first-order valence-corrected chi connectivity index (χ1v) is 8.32. The lowest BCUT2D eigenvalue weighted by atomic mass is 9.97. The van der Waals surface area contributed by atoms with Gasteiger partial charge in [0.05, 0.1) is 25.6 Å². The Kier molecular flexibility index (Phi) is 5.46. The molecule has 0 radical (unpaired) electrons. The molecule has 2 aromatic rings. The predicted octanol–water partition coefficient (Wildman–Crippen LogP) is 5.14. The number of hydrogen-bond acceptors (Lipinski definition) is 5. The van der Waals surface area contributed by atoms with Crippen LogP contribution in [-0.4, -0.2) is 15.2 Å². The number of alkyl halides is 1. The van der Waals surface area contributed by atoms with E-state index >= 15 is 0 Å². The summed E-state index contributed by atoms with van der Waals surface area (Å²) in [5.41, 5.74) is 0.310. The van der Waals surface area contributed by atoms with E-state index in [4.69, 9.17) is 11.6 Å². The maximum absolute atomic E-state index is 11.3. The zero-order valence-corrected chi connectivity index (χ0v) is 14.6. The van der Waals surface area contributed by atoms with E-state index in [1.54, 1.807) is 0 Å². The standard InChI is InChI=1S/C16H15ClN2O4S/c1-11(17)16(2,12-6-4-3-5-7-12)24-15-9-8-13(18(20)21)10-14(15)19(22)23/h3-11H,1-2H3/t11-,16-/m0/s1. The van der Waals surface area contributed by atoms with Crippen molar-refractivity contribution in [3.63, 3.8) is 0 Å². The molecule has 126 valence electrons. The van der Waals surface area contributed by atoms with Crippen LogP contribution in [0.3, 0.4) is 0 Å². The molecule has 0 unspecified atom stereocenters. The third kappa shape index (κ3) is 3.68. The van der Waals surface area contributed by atoms with Gasteiger partial charge >= 0.3 is 0 Å². The third-order valence-corrected chi connectivity index (χ3v) is 5.92. The molecule has 0 N–H and O–H groups in total. The van der Waals surface area contributed by atoms with Crippen LogP contribution in [0, 0.1) is 20.2 Å². The van der Waals surface area contributed by atoms with Gasteiger partial charge in [-0.3, -0.25) is 20.2 Å². The Morgan fingerprint density at radius 1 is 1.08 bits per heavy atom. The van der Waals surface area contributed by atoms with Gasteiger partial charge in [-0.15, -0.1) is 23.4 Å². The Bertz CT molecular complexity index is 770. The number of nitro benzene ring substituents is 2. The van der Waals surface area contributed by atoms with Crippen LogP contribution in [0.15, 0.2) is 53.4 Å². The van der Waals surface area contributed by atoms with Crippen LogP contribution in [0.5, 0.6) is 0 Å². The second-order valence-corrected chi connectivity index (χ2v) is 7.50. The van der Waals surface area contributed by atoms with Crippen molar-refractivity contribution in [1.82, 2.24) is 0 Å². The van der Waals surface area contributed by atoms with Gasteiger partial charge in [0.15, 0.2) is 0 Å². The van der Waals surface area contributed by atoms with Gasteiger partial charge in [0.25, 0.3) is 11.4 Å². The molecule has 6 nitrogen and oxygen atoms in total. The highest BCUT2D eigenvalue weighted by Gasteiger charge is 2.36. The first-order valence-electron chi connectivity index (χ1n) is 7.07. The van der Waals surface area contributed by atoms with Crippen LogP contribution < -0.4 is 0 Å². The lowest BCUT2D eigenvalue weighted by Crippen LogP contribution is -2.27. The molecule has 0 bridgehead atoms. The molecule has 0 aliphatic rings. The minimum Gasteiger partial charge on any atom is -0.258 e. The van der Waals surface area contributed by atoms with Crippen molar-refractivity contribution in [2.45, 2.75) is 28.9 Å². The molecule has 0 amide bonds. The molecule has 8 heteroatoms. The minimum absolute atomic E-state index is 0.298. The maximum Gasteiger partial charge on any atom is 0.289 e. The number of thioether (sulfide) groups is 1. The highest BCUT2D eigenvalue weighted by molar-refractivity contribution is 8.00. The van der Waals surface area contributed by atoms with Crippen molar-refractivity contribution < 1.29 is 9.85 Å². The van der Waals surface area contributed by atoms with Crippen LogP contribution in [0.4, 0.5) is 11.4 Å². The number of benzene rings is 2. The summed E-state index contributed by atoms with van der Waals surface area (Å²) in [6.45, 7) is 3.72. The Hall–Kier alpha value is -2.12. The second-order valence-electron chi connectivity index (χ2n) is 5.36. The summed E-state index contributed by atoms with van der Waals surface area (Å²) in [6.07, 6.45) is 0. The fourth-order valence-corrected chi connectivity index (χ4v) is 3.72. The highest BCUT2D eigenvalue weighted by atomic mass is 35.5. The van der Waals surface area contributed by atoms with E-state index in [-0.39, 0.29) is 16.8 Å². The Morgan fingerprint density at radius 2 is 1.71 bits per heavy atom. The van der Waals surface area contributed by atoms with E-state index < -0.39 is 14.6 Å². The zero-order chi connectivity index (χ0) is 17.9. The van der Waals surface area contributed by atoms with Gasteiger partial charge in [0.2, 0.25) is 0 Å². The molecule has 0 heterocycles. The second kappa shape index (κ2) is 7.19. The average Bonchev–Trinajstić information content (AvgIpc) is 2.55. The van der Waals surface area contributed by atoms with Crippen LogP contribution in [0.1, 0.15) is 19.4 Å². The molecule has 0 aromatic heterocycles. The molecule has 24 heavy (non-hydrogen) atoms. The van der Waals surface area contributed by atoms with E-state index in [1.807, 2.05) is 44.2 Å². The van der Waals surface area contributed by atoms with Crippen molar-refractivity contribution in [2.24, 2.45) is 0 Å². The van der Waals surface area contributed by atoms with Crippen molar-refractivity contribution in [2.75, 3.05) is 0 Å². The molecular formula is C16H15ClN2O4S. The number of halogens is 1. The largest absolute Gasteiger partial charge is 0.289 e. The van der Waals surface area contributed by atoms with Crippen molar-refractivity contribution in [3.05, 3.63) is 74.3 Å². The monoisotopic (exact) mass is 366 g/mol. The quantitative estimate of drug-likeness (QED) is 0.306. The molecule has 0 saturated heterocycles. The Balaban J connectivity index is 2.51. The molecular weight excluding hydrogens is 352 g/mol. The average molecular weight is 367 g/mol. The van der Waals surface area contributed by atoms with Gasteiger partial charge in [-0.1, -0.05) is 30.3 Å². The first-order chi connectivity index (χ1) is 11.3. The SMILES string of the molecule is C[C@H](Cl)[C@](C)(Sc1ccc([N+](=O)[O-])cc1[N+](=O)[O-])c1ccccc1. The molecule has 0 aliphatic heterocycles. The van der Waals surface area contributed by atoms with E-state index in [2.05, 4.69) is 0 Å². The predicted molar refractivity (Wildman–Crippen MR) is 94.7 cm³/mol. The lowest BCUT2D eigenvalue weighted by Gasteiger charge is -2.32. The fourth-order valence-electron chi connectivity index (χ4n) is 2.22. The van der Waals surface area contributed by atoms with Crippen LogP contribution >= 0.6 is 23.4 Å². The van der Waals surface area contributed by atoms with Crippen LogP contribution in [0.2, 0.25) is 0 Å². The Morgan fingerprint density at radius 3 is 2.21 bits per heavy atom. The van der Waals surface area contributed by atoms with Crippen molar-refractivity contribution >= 4 is 34.7 Å². The van der Waals surface area contributed by atoms with Gasteiger partial charge < -0.3 is 0 Å². The summed E-state index contributed by atoms with van der Waals surface area (Å²) >= 11 is 7.62. The number of nitrogens with zero attached hydrogens (tertiary/aromatic N) is 2. The third-order valence-electron chi connectivity index (χ3n) is 3.78. The molecule has 0 aliphatic carbocycles. The van der Waals surface area contributed by atoms with Gasteiger partial charge in [-0.2, -0.15) is 0 Å². The molecule has 2 rings (SSSR count). The van der Waals surface area contributed by atoms with E-state index in [0.29, 0.717) is 4.90 Å². The van der Waals surface area contributed by atoms with Gasteiger partial charge in [0.1, 0.15) is 0 Å². The highest BCUT2D eigenvalue weighted by Crippen LogP contribution is 2.48. The lowest BCUT2D eigenvalue weighted by molar-refractivity contribution is -0.396. The smallest absolute Gasteiger partial charge is 0.258 e. The minimum atomic E-state index is -0.651.